The number of amides is 1. The van der Waals surface area contributed by atoms with Gasteiger partial charge in [0, 0.05) is 6.20 Å². The summed E-state index contributed by atoms with van der Waals surface area (Å²) < 4.78 is 1.72. The molecule has 0 saturated carbocycles. The molecule has 0 aliphatic carbocycles. The second-order valence-electron chi connectivity index (χ2n) is 3.33. The van der Waals surface area contributed by atoms with Crippen molar-refractivity contribution < 1.29 is 4.79 Å². The summed E-state index contributed by atoms with van der Waals surface area (Å²) in [5.41, 5.74) is 2.14. The molecule has 1 N–H and O–H groups in total. The normalized spacial score (nSPS) is 10.3. The first kappa shape index (κ1) is 12.7. The second kappa shape index (κ2) is 5.29. The average molecular weight is 376 g/mol. The van der Waals surface area contributed by atoms with Gasteiger partial charge in [0.2, 0.25) is 0 Å². The molecule has 3 nitrogen and oxygen atoms in total. The predicted molar refractivity (Wildman–Crippen MR) is 76.6 cm³/mol. The highest BCUT2D eigenvalue weighted by molar-refractivity contribution is 9.12. The van der Waals surface area contributed by atoms with Crippen molar-refractivity contribution in [3.05, 3.63) is 43.2 Å². The van der Waals surface area contributed by atoms with Gasteiger partial charge in [-0.3, -0.25) is 9.78 Å². The van der Waals surface area contributed by atoms with Gasteiger partial charge in [-0.1, -0.05) is 0 Å². The minimum atomic E-state index is -0.144. The highest BCUT2D eigenvalue weighted by Crippen LogP contribution is 2.32. The molecule has 88 valence electrons. The SMILES string of the molecule is Cc1ncccc1NC(=O)c1cc(Br)sc1Br. The van der Waals surface area contributed by atoms with Crippen LogP contribution in [0.25, 0.3) is 0 Å². The molecule has 0 unspecified atom stereocenters. The molecule has 6 heteroatoms. The lowest BCUT2D eigenvalue weighted by Crippen LogP contribution is -2.12. The van der Waals surface area contributed by atoms with Crippen LogP contribution in [-0.2, 0) is 0 Å². The number of thiophene rings is 1. The Kier molecular flexibility index (Phi) is 3.96. The molecule has 2 rings (SSSR count). The molecule has 0 radical (unpaired) electrons. The summed E-state index contributed by atoms with van der Waals surface area (Å²) >= 11 is 8.18. The molecule has 2 aromatic heterocycles. The zero-order chi connectivity index (χ0) is 12.4. The number of nitrogens with one attached hydrogen (secondary N) is 1. The molecule has 0 spiro atoms. The van der Waals surface area contributed by atoms with E-state index in [4.69, 9.17) is 0 Å². The molecule has 0 atom stereocenters. The summed E-state index contributed by atoms with van der Waals surface area (Å²) in [5.74, 6) is -0.144. The van der Waals surface area contributed by atoms with E-state index < -0.39 is 0 Å². The van der Waals surface area contributed by atoms with E-state index in [-0.39, 0.29) is 5.91 Å². The third-order valence-corrected chi connectivity index (χ3v) is 4.50. The van der Waals surface area contributed by atoms with Crippen molar-refractivity contribution in [1.82, 2.24) is 4.98 Å². The van der Waals surface area contributed by atoms with E-state index in [2.05, 4.69) is 42.2 Å². The highest BCUT2D eigenvalue weighted by Gasteiger charge is 2.14. The van der Waals surface area contributed by atoms with E-state index in [1.54, 1.807) is 18.3 Å². The maximum atomic E-state index is 12.0. The summed E-state index contributed by atoms with van der Waals surface area (Å²) in [6.45, 7) is 1.86. The Morgan fingerprint density at radius 2 is 2.24 bits per heavy atom. The van der Waals surface area contributed by atoms with E-state index in [9.17, 15) is 4.79 Å². The Balaban J connectivity index is 2.23. The summed E-state index contributed by atoms with van der Waals surface area (Å²) in [5, 5.41) is 2.84. The van der Waals surface area contributed by atoms with Crippen LogP contribution in [0.2, 0.25) is 0 Å². The van der Waals surface area contributed by atoms with Crippen LogP contribution in [0.4, 0.5) is 5.69 Å². The Bertz CT molecular complexity index is 568. The number of carbonyl (C=O) groups excluding carboxylic acids is 1. The number of rotatable bonds is 2. The Morgan fingerprint density at radius 1 is 1.47 bits per heavy atom. The van der Waals surface area contributed by atoms with E-state index in [1.807, 2.05) is 13.0 Å². The van der Waals surface area contributed by atoms with Crippen molar-refractivity contribution in [3.8, 4) is 0 Å². The van der Waals surface area contributed by atoms with Crippen molar-refractivity contribution in [2.75, 3.05) is 5.32 Å². The minimum Gasteiger partial charge on any atom is -0.320 e. The fourth-order valence-electron chi connectivity index (χ4n) is 1.30. The zero-order valence-corrected chi connectivity index (χ0v) is 12.8. The molecule has 0 bridgehead atoms. The smallest absolute Gasteiger partial charge is 0.257 e. The number of aryl methyl sites for hydroxylation is 1. The molecule has 0 aromatic carbocycles. The lowest BCUT2D eigenvalue weighted by molar-refractivity contribution is 0.102. The van der Waals surface area contributed by atoms with Crippen molar-refractivity contribution in [2.45, 2.75) is 6.92 Å². The Morgan fingerprint density at radius 3 is 2.82 bits per heavy atom. The lowest BCUT2D eigenvalue weighted by atomic mass is 10.2. The van der Waals surface area contributed by atoms with Crippen LogP contribution in [0.5, 0.6) is 0 Å². The number of carbonyl (C=O) groups is 1. The van der Waals surface area contributed by atoms with Gasteiger partial charge in [0.15, 0.2) is 0 Å². The Labute approximate surface area is 120 Å². The van der Waals surface area contributed by atoms with Crippen LogP contribution in [0.15, 0.2) is 32.0 Å². The minimum absolute atomic E-state index is 0.144. The number of aromatic nitrogens is 1. The van der Waals surface area contributed by atoms with Crippen LogP contribution < -0.4 is 5.32 Å². The third-order valence-electron chi connectivity index (χ3n) is 2.16. The quantitative estimate of drug-likeness (QED) is 0.853. The first-order valence-electron chi connectivity index (χ1n) is 4.75. The van der Waals surface area contributed by atoms with Crippen molar-refractivity contribution in [2.24, 2.45) is 0 Å². The van der Waals surface area contributed by atoms with Crippen LogP contribution in [0.1, 0.15) is 16.1 Å². The number of hydrogen-bond donors (Lipinski definition) is 1. The second-order valence-corrected chi connectivity index (χ2v) is 7.08. The predicted octanol–water partition coefficient (Wildman–Crippen LogP) is 4.23. The van der Waals surface area contributed by atoms with Gasteiger partial charge in [-0.15, -0.1) is 11.3 Å². The monoisotopic (exact) mass is 374 g/mol. The van der Waals surface area contributed by atoms with Gasteiger partial charge in [0.1, 0.15) is 0 Å². The number of anilines is 1. The molecule has 2 aromatic rings. The zero-order valence-electron chi connectivity index (χ0n) is 8.83. The molecule has 1 amide bonds. The number of pyridine rings is 1. The maximum Gasteiger partial charge on any atom is 0.257 e. The topological polar surface area (TPSA) is 42.0 Å². The molecular formula is C11H8Br2N2OS. The van der Waals surface area contributed by atoms with E-state index in [0.717, 1.165) is 19.0 Å². The Hall–Kier alpha value is -0.720. The molecule has 0 aliphatic heterocycles. The lowest BCUT2D eigenvalue weighted by Gasteiger charge is -2.06. The highest BCUT2D eigenvalue weighted by atomic mass is 79.9. The van der Waals surface area contributed by atoms with Gasteiger partial charge < -0.3 is 5.32 Å². The standard InChI is InChI=1S/C11H8Br2N2OS/c1-6-8(3-2-4-14-6)15-11(16)7-5-9(12)17-10(7)13/h2-5H,1H3,(H,15,16). The first-order valence-corrected chi connectivity index (χ1v) is 7.16. The van der Waals surface area contributed by atoms with Crippen molar-refractivity contribution in [1.29, 1.82) is 0 Å². The van der Waals surface area contributed by atoms with Crippen molar-refractivity contribution in [3.63, 3.8) is 0 Å². The van der Waals surface area contributed by atoms with E-state index in [0.29, 0.717) is 5.56 Å². The number of nitrogens with zero attached hydrogens (tertiary/aromatic N) is 1. The molecule has 2 heterocycles. The molecule has 0 fully saturated rings. The molecular weight excluding hydrogens is 368 g/mol. The fourth-order valence-corrected chi connectivity index (χ4v) is 4.09. The fraction of sp³-hybridized carbons (Fsp3) is 0.0909. The van der Waals surface area contributed by atoms with Crippen LogP contribution in [-0.4, -0.2) is 10.9 Å². The van der Waals surface area contributed by atoms with Gasteiger partial charge in [-0.2, -0.15) is 0 Å². The maximum absolute atomic E-state index is 12.0. The average Bonchev–Trinajstić information content (AvgIpc) is 2.61. The summed E-state index contributed by atoms with van der Waals surface area (Å²) in [7, 11) is 0. The van der Waals surface area contributed by atoms with Gasteiger partial charge >= 0.3 is 0 Å². The van der Waals surface area contributed by atoms with Crippen LogP contribution in [0.3, 0.4) is 0 Å². The summed E-state index contributed by atoms with van der Waals surface area (Å²) in [6.07, 6.45) is 1.70. The first-order chi connectivity index (χ1) is 8.08. The summed E-state index contributed by atoms with van der Waals surface area (Å²) in [6, 6.07) is 5.41. The largest absolute Gasteiger partial charge is 0.320 e. The van der Waals surface area contributed by atoms with E-state index in [1.165, 1.54) is 11.3 Å². The summed E-state index contributed by atoms with van der Waals surface area (Å²) in [4.78, 5) is 16.1. The van der Waals surface area contributed by atoms with Gasteiger partial charge in [-0.05, 0) is 57.0 Å². The number of halogens is 2. The van der Waals surface area contributed by atoms with Crippen LogP contribution >= 0.6 is 43.2 Å². The van der Waals surface area contributed by atoms with Crippen molar-refractivity contribution >= 4 is 54.8 Å². The number of hydrogen-bond acceptors (Lipinski definition) is 3. The third kappa shape index (κ3) is 2.94. The van der Waals surface area contributed by atoms with E-state index >= 15 is 0 Å². The van der Waals surface area contributed by atoms with Gasteiger partial charge in [0.05, 0.1) is 24.5 Å². The van der Waals surface area contributed by atoms with Crippen LogP contribution in [0, 0.1) is 6.92 Å². The van der Waals surface area contributed by atoms with Gasteiger partial charge in [-0.25, -0.2) is 0 Å². The molecule has 0 aliphatic rings. The molecule has 17 heavy (non-hydrogen) atoms. The molecule has 0 saturated heterocycles. The van der Waals surface area contributed by atoms with Gasteiger partial charge in [0.25, 0.3) is 5.91 Å².